The Morgan fingerprint density at radius 2 is 0.773 bits per heavy atom. The van der Waals surface area contributed by atoms with Crippen LogP contribution in [-0.2, 0) is 0 Å². The first-order valence-corrected chi connectivity index (χ1v) is 14.9. The summed E-state index contributed by atoms with van der Waals surface area (Å²) in [5.41, 5.74) is 12.4. The van der Waals surface area contributed by atoms with Gasteiger partial charge in [0, 0.05) is 22.1 Å². The summed E-state index contributed by atoms with van der Waals surface area (Å²) in [6, 6.07) is 55.4. The molecule has 6 aromatic carbocycles. The van der Waals surface area contributed by atoms with Crippen LogP contribution in [0.1, 0.15) is 0 Å². The third-order valence-corrected chi connectivity index (χ3v) is 8.49. The van der Waals surface area contributed by atoms with Crippen LogP contribution in [0, 0.1) is 0 Å². The topological polar surface area (TPSA) is 35.6 Å². The van der Waals surface area contributed by atoms with Crippen molar-refractivity contribution in [2.45, 2.75) is 0 Å². The maximum atomic E-state index is 5.47. The third kappa shape index (κ3) is 3.78. The van der Waals surface area contributed by atoms with Crippen molar-refractivity contribution in [3.63, 3.8) is 0 Å². The summed E-state index contributed by atoms with van der Waals surface area (Å²) in [5.74, 6) is 0. The average Bonchev–Trinajstić information content (AvgIpc) is 3.60. The van der Waals surface area contributed by atoms with Crippen molar-refractivity contribution in [1.29, 1.82) is 0 Å². The fourth-order valence-electron chi connectivity index (χ4n) is 6.49. The van der Waals surface area contributed by atoms with Crippen LogP contribution in [0.15, 0.2) is 158 Å². The van der Waals surface area contributed by atoms with Crippen LogP contribution in [0.4, 0.5) is 0 Å². The van der Waals surface area contributed by atoms with Gasteiger partial charge in [-0.15, -0.1) is 0 Å². The molecule has 3 aromatic heterocycles. The van der Waals surface area contributed by atoms with Gasteiger partial charge in [-0.2, -0.15) is 0 Å². The Balaban J connectivity index is 1.41. The fourth-order valence-corrected chi connectivity index (χ4v) is 6.49. The monoisotopic (exact) mass is 562 g/mol. The number of nitrogens with zero attached hydrogens (tertiary/aromatic N) is 4. The highest BCUT2D eigenvalue weighted by Crippen LogP contribution is 2.37. The van der Waals surface area contributed by atoms with Crippen molar-refractivity contribution in [1.82, 2.24) is 19.1 Å². The maximum Gasteiger partial charge on any atom is 0.166 e. The molecule has 0 unspecified atom stereocenters. The van der Waals surface area contributed by atoms with E-state index in [1.807, 2.05) is 6.07 Å². The summed E-state index contributed by atoms with van der Waals surface area (Å²) in [4.78, 5) is 10.9. The number of benzene rings is 6. The van der Waals surface area contributed by atoms with Gasteiger partial charge in [0.15, 0.2) is 11.3 Å². The molecule has 9 aromatic rings. The van der Waals surface area contributed by atoms with Crippen molar-refractivity contribution >= 4 is 44.1 Å². The second-order valence-electron chi connectivity index (χ2n) is 11.1. The predicted octanol–water partition coefficient (Wildman–Crippen LogP) is 10.0. The highest BCUT2D eigenvalue weighted by Gasteiger charge is 2.21. The molecular weight excluding hydrogens is 536 g/mol. The predicted molar refractivity (Wildman–Crippen MR) is 182 cm³/mol. The molecule has 4 heteroatoms. The number of para-hydroxylation sites is 3. The molecule has 0 aliphatic heterocycles. The van der Waals surface area contributed by atoms with Gasteiger partial charge in [-0.05, 0) is 64.7 Å². The standard InChI is InChI=1S/C40H26N4/c1-4-14-27(15-5-1)29-24-30(28-16-6-2-7-17-28)26-32(25-29)44-36-23-13-11-21-34(36)38-40(44)42-39-37(41-38)33-20-10-12-22-35(33)43(39)31-18-8-3-9-19-31/h1-26H. The van der Waals surface area contributed by atoms with Crippen molar-refractivity contribution in [3.8, 4) is 33.6 Å². The molecule has 44 heavy (non-hydrogen) atoms. The van der Waals surface area contributed by atoms with Crippen LogP contribution in [-0.4, -0.2) is 19.1 Å². The Hall–Kier alpha value is -6.00. The number of hydrogen-bond donors (Lipinski definition) is 0. The lowest BCUT2D eigenvalue weighted by Crippen LogP contribution is -2.00. The number of hydrogen-bond acceptors (Lipinski definition) is 2. The van der Waals surface area contributed by atoms with Gasteiger partial charge in [-0.1, -0.05) is 115 Å². The zero-order valence-electron chi connectivity index (χ0n) is 23.8. The molecule has 0 N–H and O–H groups in total. The molecule has 0 fully saturated rings. The highest BCUT2D eigenvalue weighted by molar-refractivity contribution is 6.12. The Kier molecular flexibility index (Phi) is 5.47. The summed E-state index contributed by atoms with van der Waals surface area (Å²) in [5, 5.41) is 2.18. The molecule has 0 atom stereocenters. The second kappa shape index (κ2) is 9.79. The van der Waals surface area contributed by atoms with E-state index in [1.165, 1.54) is 11.1 Å². The smallest absolute Gasteiger partial charge is 0.166 e. The molecule has 0 aliphatic carbocycles. The Morgan fingerprint density at radius 1 is 0.341 bits per heavy atom. The lowest BCUT2D eigenvalue weighted by molar-refractivity contribution is 1.10. The highest BCUT2D eigenvalue weighted by atomic mass is 15.1. The van der Waals surface area contributed by atoms with E-state index in [2.05, 4.69) is 161 Å². The van der Waals surface area contributed by atoms with E-state index < -0.39 is 0 Å². The van der Waals surface area contributed by atoms with Gasteiger partial charge in [0.1, 0.15) is 11.0 Å². The lowest BCUT2D eigenvalue weighted by atomic mass is 9.98. The summed E-state index contributed by atoms with van der Waals surface area (Å²) in [6.07, 6.45) is 0. The maximum absolute atomic E-state index is 5.47. The molecular formula is C40H26N4. The third-order valence-electron chi connectivity index (χ3n) is 8.49. The molecule has 0 bridgehead atoms. The van der Waals surface area contributed by atoms with Crippen LogP contribution in [0.5, 0.6) is 0 Å². The van der Waals surface area contributed by atoms with Crippen molar-refractivity contribution in [2.24, 2.45) is 0 Å². The van der Waals surface area contributed by atoms with Crippen LogP contribution in [0.2, 0.25) is 0 Å². The minimum absolute atomic E-state index is 0.836. The molecule has 206 valence electrons. The number of rotatable bonds is 4. The quantitative estimate of drug-likeness (QED) is 0.214. The van der Waals surface area contributed by atoms with E-state index in [0.29, 0.717) is 0 Å². The van der Waals surface area contributed by atoms with Crippen LogP contribution in [0.3, 0.4) is 0 Å². The first kappa shape index (κ1) is 24.6. The first-order chi connectivity index (χ1) is 21.8. The van der Waals surface area contributed by atoms with Gasteiger partial charge in [0.25, 0.3) is 0 Å². The SMILES string of the molecule is c1ccc(-c2cc(-c3ccccc3)cc(-n3c4ccccc4c4nc5c6ccccc6n(-c6ccccc6)c5nc43)c2)cc1. The fraction of sp³-hybridized carbons (Fsp3) is 0. The normalized spacial score (nSPS) is 11.6. The van der Waals surface area contributed by atoms with Crippen molar-refractivity contribution < 1.29 is 0 Å². The van der Waals surface area contributed by atoms with Gasteiger partial charge in [0.05, 0.1) is 11.0 Å². The molecule has 3 heterocycles. The molecule has 0 aliphatic rings. The summed E-state index contributed by atoms with van der Waals surface area (Å²) < 4.78 is 4.51. The summed E-state index contributed by atoms with van der Waals surface area (Å²) >= 11 is 0. The van der Waals surface area contributed by atoms with Gasteiger partial charge >= 0.3 is 0 Å². The van der Waals surface area contributed by atoms with Gasteiger partial charge in [-0.3, -0.25) is 9.13 Å². The van der Waals surface area contributed by atoms with Crippen LogP contribution < -0.4 is 0 Å². The van der Waals surface area contributed by atoms with E-state index >= 15 is 0 Å². The van der Waals surface area contributed by atoms with Gasteiger partial charge < -0.3 is 0 Å². The minimum Gasteiger partial charge on any atom is -0.292 e. The van der Waals surface area contributed by atoms with Gasteiger partial charge in [-0.25, -0.2) is 9.97 Å². The molecule has 0 saturated carbocycles. The number of aromatic nitrogens is 4. The zero-order valence-corrected chi connectivity index (χ0v) is 23.8. The van der Waals surface area contributed by atoms with E-state index in [4.69, 9.17) is 9.97 Å². The molecule has 0 radical (unpaired) electrons. The Bertz CT molecular complexity index is 2420. The second-order valence-corrected chi connectivity index (χ2v) is 11.1. The molecule has 0 amide bonds. The van der Waals surface area contributed by atoms with Crippen LogP contribution in [0.25, 0.3) is 77.8 Å². The largest absolute Gasteiger partial charge is 0.292 e. The van der Waals surface area contributed by atoms with E-state index in [1.54, 1.807) is 0 Å². The van der Waals surface area contributed by atoms with E-state index in [9.17, 15) is 0 Å². The van der Waals surface area contributed by atoms with Crippen molar-refractivity contribution in [2.75, 3.05) is 0 Å². The zero-order chi connectivity index (χ0) is 29.0. The Morgan fingerprint density at radius 3 is 1.30 bits per heavy atom. The minimum atomic E-state index is 0.836. The van der Waals surface area contributed by atoms with E-state index in [0.717, 1.165) is 66.6 Å². The van der Waals surface area contributed by atoms with Crippen LogP contribution >= 0.6 is 0 Å². The molecule has 0 saturated heterocycles. The molecule has 0 spiro atoms. The van der Waals surface area contributed by atoms with Gasteiger partial charge in [0.2, 0.25) is 0 Å². The Labute approximate surface area is 254 Å². The average molecular weight is 563 g/mol. The number of fused-ring (bicyclic) bond motifs is 6. The lowest BCUT2D eigenvalue weighted by Gasteiger charge is -2.14. The summed E-state index contributed by atoms with van der Waals surface area (Å²) in [7, 11) is 0. The molecule has 9 rings (SSSR count). The van der Waals surface area contributed by atoms with E-state index in [-0.39, 0.29) is 0 Å². The van der Waals surface area contributed by atoms with Crippen molar-refractivity contribution in [3.05, 3.63) is 158 Å². The first-order valence-electron chi connectivity index (χ1n) is 14.9. The summed E-state index contributed by atoms with van der Waals surface area (Å²) in [6.45, 7) is 0. The molecule has 4 nitrogen and oxygen atoms in total.